The number of anilines is 2. The van der Waals surface area contributed by atoms with Crippen molar-refractivity contribution in [3.63, 3.8) is 0 Å². The van der Waals surface area contributed by atoms with Crippen molar-refractivity contribution in [1.29, 1.82) is 0 Å². The van der Waals surface area contributed by atoms with E-state index in [0.717, 1.165) is 18.5 Å². The lowest BCUT2D eigenvalue weighted by Gasteiger charge is -2.28. The highest BCUT2D eigenvalue weighted by molar-refractivity contribution is 9.10. The fraction of sp³-hybridized carbons (Fsp3) is 0.300. The van der Waals surface area contributed by atoms with Gasteiger partial charge < -0.3 is 0 Å². The van der Waals surface area contributed by atoms with Gasteiger partial charge in [-0.3, -0.25) is 14.4 Å². The summed E-state index contributed by atoms with van der Waals surface area (Å²) < 4.78 is 0.716. The minimum absolute atomic E-state index is 0.156. The van der Waals surface area contributed by atoms with Gasteiger partial charge in [-0.25, -0.2) is 9.96 Å². The van der Waals surface area contributed by atoms with E-state index >= 15 is 0 Å². The molecule has 2 saturated heterocycles. The quantitative estimate of drug-likeness (QED) is 0.711. The Labute approximate surface area is 160 Å². The molecular formula is C20H19BrN2O3. The van der Waals surface area contributed by atoms with Crippen molar-refractivity contribution in [2.75, 3.05) is 9.96 Å². The second-order valence-electron chi connectivity index (χ2n) is 6.53. The molecule has 3 unspecified atom stereocenters. The van der Waals surface area contributed by atoms with Gasteiger partial charge in [0, 0.05) is 4.47 Å². The SMILES string of the molecule is CCCC1C2C(=O)N(c3ccccc3Br)C(=O)C2ON1c1ccccc1. The van der Waals surface area contributed by atoms with Gasteiger partial charge in [0.25, 0.3) is 5.91 Å². The van der Waals surface area contributed by atoms with E-state index < -0.39 is 12.0 Å². The minimum atomic E-state index is -0.772. The number of hydrogen-bond donors (Lipinski definition) is 0. The van der Waals surface area contributed by atoms with E-state index in [2.05, 4.69) is 22.9 Å². The number of fused-ring (bicyclic) bond motifs is 1. The van der Waals surface area contributed by atoms with Crippen LogP contribution in [0.4, 0.5) is 11.4 Å². The molecule has 2 aromatic carbocycles. The average Bonchev–Trinajstić information content (AvgIpc) is 3.14. The topological polar surface area (TPSA) is 49.9 Å². The van der Waals surface area contributed by atoms with E-state index in [-0.39, 0.29) is 17.9 Å². The van der Waals surface area contributed by atoms with Crippen LogP contribution < -0.4 is 9.96 Å². The third-order valence-electron chi connectivity index (χ3n) is 4.93. The molecule has 4 rings (SSSR count). The van der Waals surface area contributed by atoms with E-state index in [4.69, 9.17) is 4.84 Å². The maximum Gasteiger partial charge on any atom is 0.266 e. The van der Waals surface area contributed by atoms with Gasteiger partial charge >= 0.3 is 0 Å². The average molecular weight is 415 g/mol. The zero-order chi connectivity index (χ0) is 18.3. The molecule has 2 aliphatic rings. The molecule has 2 amide bonds. The largest absolute Gasteiger partial charge is 0.273 e. The number of hydrogen-bond acceptors (Lipinski definition) is 4. The Morgan fingerprint density at radius 1 is 1.00 bits per heavy atom. The number of carbonyl (C=O) groups is 2. The number of carbonyl (C=O) groups excluding carboxylic acids is 2. The van der Waals surface area contributed by atoms with Crippen LogP contribution >= 0.6 is 15.9 Å². The number of amides is 2. The Morgan fingerprint density at radius 2 is 1.69 bits per heavy atom. The van der Waals surface area contributed by atoms with Crippen LogP contribution in [0.3, 0.4) is 0 Å². The molecule has 0 aliphatic carbocycles. The summed E-state index contributed by atoms with van der Waals surface area (Å²) in [6.45, 7) is 2.07. The number of rotatable bonds is 4. The van der Waals surface area contributed by atoms with Gasteiger partial charge in [0.1, 0.15) is 0 Å². The molecule has 0 saturated carbocycles. The van der Waals surface area contributed by atoms with E-state index in [1.54, 1.807) is 11.1 Å². The summed E-state index contributed by atoms with van der Waals surface area (Å²) in [5.41, 5.74) is 1.44. The van der Waals surface area contributed by atoms with Crippen LogP contribution in [0.15, 0.2) is 59.1 Å². The first kappa shape index (κ1) is 17.2. The van der Waals surface area contributed by atoms with Gasteiger partial charge in [-0.15, -0.1) is 0 Å². The first-order valence-electron chi connectivity index (χ1n) is 8.77. The molecule has 6 heteroatoms. The van der Waals surface area contributed by atoms with Crippen molar-refractivity contribution < 1.29 is 14.4 Å². The first-order valence-corrected chi connectivity index (χ1v) is 9.56. The zero-order valence-corrected chi connectivity index (χ0v) is 15.9. The number of hydroxylamine groups is 1. The highest BCUT2D eigenvalue weighted by Crippen LogP contribution is 2.42. The van der Waals surface area contributed by atoms with E-state index in [0.29, 0.717) is 10.2 Å². The predicted octanol–water partition coefficient (Wildman–Crippen LogP) is 3.93. The number of benzene rings is 2. The molecular weight excluding hydrogens is 396 g/mol. The monoisotopic (exact) mass is 414 g/mol. The van der Waals surface area contributed by atoms with E-state index in [9.17, 15) is 9.59 Å². The molecule has 3 atom stereocenters. The lowest BCUT2D eigenvalue weighted by molar-refractivity contribution is -0.126. The van der Waals surface area contributed by atoms with Crippen LogP contribution in [0.2, 0.25) is 0 Å². The zero-order valence-electron chi connectivity index (χ0n) is 14.3. The van der Waals surface area contributed by atoms with Gasteiger partial charge in [0.15, 0.2) is 6.10 Å². The maximum atomic E-state index is 13.2. The van der Waals surface area contributed by atoms with Gasteiger partial charge in [-0.05, 0) is 46.6 Å². The maximum absolute atomic E-state index is 13.2. The Morgan fingerprint density at radius 3 is 2.38 bits per heavy atom. The summed E-state index contributed by atoms with van der Waals surface area (Å²) in [7, 11) is 0. The van der Waals surface area contributed by atoms with Crippen molar-refractivity contribution >= 4 is 39.1 Å². The van der Waals surface area contributed by atoms with Crippen LogP contribution in [0.25, 0.3) is 0 Å². The molecule has 0 aromatic heterocycles. The third-order valence-corrected chi connectivity index (χ3v) is 5.60. The summed E-state index contributed by atoms with van der Waals surface area (Å²) in [6, 6.07) is 16.8. The molecule has 2 aliphatic heterocycles. The van der Waals surface area contributed by atoms with E-state index in [1.807, 2.05) is 48.5 Å². The highest BCUT2D eigenvalue weighted by Gasteiger charge is 2.59. The lowest BCUT2D eigenvalue weighted by Crippen LogP contribution is -2.40. The van der Waals surface area contributed by atoms with Gasteiger partial charge in [0.05, 0.1) is 23.3 Å². The highest BCUT2D eigenvalue weighted by atomic mass is 79.9. The Bertz CT molecular complexity index is 842. The van der Waals surface area contributed by atoms with E-state index in [1.165, 1.54) is 4.90 Å². The summed E-state index contributed by atoms with van der Waals surface area (Å²) in [5, 5.41) is 1.76. The second-order valence-corrected chi connectivity index (χ2v) is 7.39. The van der Waals surface area contributed by atoms with Crippen LogP contribution in [0.5, 0.6) is 0 Å². The van der Waals surface area contributed by atoms with Crippen molar-refractivity contribution in [1.82, 2.24) is 0 Å². The van der Waals surface area contributed by atoms with Crippen molar-refractivity contribution in [2.24, 2.45) is 5.92 Å². The lowest BCUT2D eigenvalue weighted by atomic mass is 9.93. The van der Waals surface area contributed by atoms with Crippen LogP contribution in [0.1, 0.15) is 19.8 Å². The summed E-state index contributed by atoms with van der Waals surface area (Å²) in [5.74, 6) is -0.982. The third kappa shape index (κ3) is 2.64. The Balaban J connectivity index is 1.70. The number of nitrogens with zero attached hydrogens (tertiary/aromatic N) is 2. The summed E-state index contributed by atoms with van der Waals surface area (Å²) in [6.07, 6.45) is 0.905. The number of halogens is 1. The Kier molecular flexibility index (Phi) is 4.54. The normalized spacial score (nSPS) is 25.1. The molecule has 0 radical (unpaired) electrons. The van der Waals surface area contributed by atoms with Gasteiger partial charge in [-0.1, -0.05) is 43.7 Å². The molecule has 2 heterocycles. The van der Waals surface area contributed by atoms with Crippen LogP contribution in [-0.2, 0) is 14.4 Å². The summed E-state index contributed by atoms with van der Waals surface area (Å²) in [4.78, 5) is 33.5. The fourth-order valence-corrected chi connectivity index (χ4v) is 4.24. The van der Waals surface area contributed by atoms with Crippen LogP contribution in [-0.4, -0.2) is 24.0 Å². The van der Waals surface area contributed by atoms with Crippen LogP contribution in [0, 0.1) is 5.92 Å². The van der Waals surface area contributed by atoms with Crippen molar-refractivity contribution in [3.05, 3.63) is 59.1 Å². The minimum Gasteiger partial charge on any atom is -0.273 e. The fourth-order valence-electron chi connectivity index (χ4n) is 3.78. The first-order chi connectivity index (χ1) is 12.6. The molecule has 0 bridgehead atoms. The molecule has 0 spiro atoms. The van der Waals surface area contributed by atoms with Gasteiger partial charge in [0.2, 0.25) is 5.91 Å². The predicted molar refractivity (Wildman–Crippen MR) is 103 cm³/mol. The second kappa shape index (κ2) is 6.85. The Hall–Kier alpha value is -2.18. The molecule has 26 heavy (non-hydrogen) atoms. The summed E-state index contributed by atoms with van der Waals surface area (Å²) >= 11 is 3.44. The molecule has 2 fully saturated rings. The number of para-hydroxylation sites is 2. The number of imide groups is 1. The standard InChI is InChI=1S/C20H19BrN2O3/c1-2-8-16-17-18(26-23(16)13-9-4-3-5-10-13)20(25)22(19(17)24)15-12-7-6-11-14(15)21/h3-7,9-12,16-18H,2,8H2,1H3. The molecule has 5 nitrogen and oxygen atoms in total. The molecule has 0 N–H and O–H groups in total. The molecule has 2 aromatic rings. The molecule has 134 valence electrons. The van der Waals surface area contributed by atoms with Gasteiger partial charge in [-0.2, -0.15) is 0 Å². The van der Waals surface area contributed by atoms with Crippen molar-refractivity contribution in [3.8, 4) is 0 Å². The van der Waals surface area contributed by atoms with Crippen molar-refractivity contribution in [2.45, 2.75) is 31.9 Å². The smallest absolute Gasteiger partial charge is 0.266 e.